The van der Waals surface area contributed by atoms with E-state index in [2.05, 4.69) is 4.90 Å². The molecule has 16 heavy (non-hydrogen) atoms. The number of nitrogens with zero attached hydrogens (tertiary/aromatic N) is 1. The molecule has 1 saturated heterocycles. The first-order chi connectivity index (χ1) is 7.78. The minimum Gasteiger partial charge on any atom is -0.508 e. The molecule has 2 rings (SSSR count). The predicted molar refractivity (Wildman–Crippen MR) is 63.2 cm³/mol. The molecular weight excluding hydrogens is 202 g/mol. The largest absolute Gasteiger partial charge is 0.508 e. The van der Waals surface area contributed by atoms with Crippen LogP contribution in [-0.4, -0.2) is 34.8 Å². The maximum atomic E-state index is 9.38. The third kappa shape index (κ3) is 2.97. The lowest BCUT2D eigenvalue weighted by Gasteiger charge is -2.31. The number of phenols is 1. The molecule has 0 aliphatic carbocycles. The van der Waals surface area contributed by atoms with Gasteiger partial charge in [0.1, 0.15) is 5.75 Å². The smallest absolute Gasteiger partial charge is 0.115 e. The third-order valence-corrected chi connectivity index (χ3v) is 3.18. The maximum Gasteiger partial charge on any atom is 0.115 e. The zero-order chi connectivity index (χ0) is 11.4. The zero-order valence-corrected chi connectivity index (χ0v) is 9.47. The van der Waals surface area contributed by atoms with Crippen molar-refractivity contribution in [1.82, 2.24) is 4.90 Å². The summed E-state index contributed by atoms with van der Waals surface area (Å²) in [5.41, 5.74) is 1.14. The Morgan fingerprint density at radius 3 is 3.00 bits per heavy atom. The van der Waals surface area contributed by atoms with Crippen LogP contribution in [-0.2, 0) is 6.54 Å². The average molecular weight is 221 g/mol. The maximum absolute atomic E-state index is 9.38. The van der Waals surface area contributed by atoms with Gasteiger partial charge < -0.3 is 10.2 Å². The Morgan fingerprint density at radius 2 is 2.25 bits per heavy atom. The number of likely N-dealkylation sites (tertiary alicyclic amines) is 1. The number of aliphatic hydroxyl groups is 1. The van der Waals surface area contributed by atoms with Crippen molar-refractivity contribution >= 4 is 0 Å². The second kappa shape index (κ2) is 5.32. The van der Waals surface area contributed by atoms with Crippen molar-refractivity contribution < 1.29 is 10.2 Å². The normalized spacial score (nSPS) is 22.2. The Labute approximate surface area is 96.3 Å². The van der Waals surface area contributed by atoms with Crippen LogP contribution in [0.2, 0.25) is 0 Å². The van der Waals surface area contributed by atoms with Gasteiger partial charge in [-0.25, -0.2) is 0 Å². The molecule has 1 fully saturated rings. The van der Waals surface area contributed by atoms with Gasteiger partial charge in [-0.3, -0.25) is 4.90 Å². The van der Waals surface area contributed by atoms with Crippen LogP contribution in [0, 0.1) is 5.92 Å². The third-order valence-electron chi connectivity index (χ3n) is 3.18. The molecule has 1 heterocycles. The first-order valence-electron chi connectivity index (χ1n) is 5.89. The lowest BCUT2D eigenvalue weighted by molar-refractivity contribution is 0.116. The molecule has 0 saturated carbocycles. The van der Waals surface area contributed by atoms with Gasteiger partial charge in [0.2, 0.25) is 0 Å². The number of piperidine rings is 1. The Kier molecular flexibility index (Phi) is 3.80. The quantitative estimate of drug-likeness (QED) is 0.814. The Morgan fingerprint density at radius 1 is 1.38 bits per heavy atom. The number of hydrogen-bond donors (Lipinski definition) is 2. The van der Waals surface area contributed by atoms with Crippen LogP contribution >= 0.6 is 0 Å². The molecule has 0 unspecified atom stereocenters. The number of hydrogen-bond acceptors (Lipinski definition) is 3. The molecule has 0 radical (unpaired) electrons. The van der Waals surface area contributed by atoms with Crippen molar-refractivity contribution in [3.8, 4) is 5.75 Å². The van der Waals surface area contributed by atoms with E-state index in [1.807, 2.05) is 18.2 Å². The molecule has 0 spiro atoms. The molecule has 1 aromatic carbocycles. The van der Waals surface area contributed by atoms with E-state index >= 15 is 0 Å². The molecule has 2 N–H and O–H groups in total. The van der Waals surface area contributed by atoms with Gasteiger partial charge in [-0.05, 0) is 43.0 Å². The molecule has 1 aromatic rings. The monoisotopic (exact) mass is 221 g/mol. The molecule has 0 bridgehead atoms. The molecule has 1 aliphatic rings. The van der Waals surface area contributed by atoms with Gasteiger partial charge in [0.15, 0.2) is 0 Å². The first kappa shape index (κ1) is 11.4. The van der Waals surface area contributed by atoms with Gasteiger partial charge in [-0.2, -0.15) is 0 Å². The Hall–Kier alpha value is -1.06. The van der Waals surface area contributed by atoms with Crippen LogP contribution in [0.15, 0.2) is 24.3 Å². The summed E-state index contributed by atoms with van der Waals surface area (Å²) >= 11 is 0. The van der Waals surface area contributed by atoms with Crippen LogP contribution in [0.25, 0.3) is 0 Å². The van der Waals surface area contributed by atoms with Crippen molar-refractivity contribution in [1.29, 1.82) is 0 Å². The number of phenolic OH excluding ortho intramolecular Hbond substituents is 1. The van der Waals surface area contributed by atoms with Crippen LogP contribution in [0.3, 0.4) is 0 Å². The molecule has 0 amide bonds. The second-order valence-electron chi connectivity index (χ2n) is 4.60. The first-order valence-corrected chi connectivity index (χ1v) is 5.89. The summed E-state index contributed by atoms with van der Waals surface area (Å²) in [5.74, 6) is 0.749. The van der Waals surface area contributed by atoms with E-state index < -0.39 is 0 Å². The summed E-state index contributed by atoms with van der Waals surface area (Å²) in [4.78, 5) is 2.35. The van der Waals surface area contributed by atoms with E-state index in [-0.39, 0.29) is 6.61 Å². The molecule has 3 heteroatoms. The zero-order valence-electron chi connectivity index (χ0n) is 9.47. The fourth-order valence-corrected chi connectivity index (χ4v) is 2.36. The lowest BCUT2D eigenvalue weighted by Crippen LogP contribution is -2.36. The molecule has 0 aromatic heterocycles. The second-order valence-corrected chi connectivity index (χ2v) is 4.60. The molecular formula is C13H19NO2. The van der Waals surface area contributed by atoms with Crippen LogP contribution < -0.4 is 0 Å². The van der Waals surface area contributed by atoms with Crippen molar-refractivity contribution in [2.24, 2.45) is 5.92 Å². The highest BCUT2D eigenvalue weighted by atomic mass is 16.3. The van der Waals surface area contributed by atoms with E-state index in [0.717, 1.165) is 38.0 Å². The molecule has 1 aliphatic heterocycles. The summed E-state index contributed by atoms with van der Waals surface area (Å²) in [7, 11) is 0. The summed E-state index contributed by atoms with van der Waals surface area (Å²) in [6, 6.07) is 7.40. The Balaban J connectivity index is 1.94. The van der Waals surface area contributed by atoms with Gasteiger partial charge in [0.05, 0.1) is 0 Å². The minimum atomic E-state index is 0.288. The lowest BCUT2D eigenvalue weighted by atomic mass is 9.98. The van der Waals surface area contributed by atoms with Crippen LogP contribution in [0.1, 0.15) is 18.4 Å². The number of rotatable bonds is 3. The number of benzene rings is 1. The van der Waals surface area contributed by atoms with Gasteiger partial charge in [-0.15, -0.1) is 0 Å². The summed E-state index contributed by atoms with van der Waals surface area (Å²) in [6.07, 6.45) is 2.29. The fourth-order valence-electron chi connectivity index (χ4n) is 2.36. The van der Waals surface area contributed by atoms with E-state index in [1.54, 1.807) is 6.07 Å². The highest BCUT2D eigenvalue weighted by Crippen LogP contribution is 2.19. The van der Waals surface area contributed by atoms with Gasteiger partial charge >= 0.3 is 0 Å². The highest BCUT2D eigenvalue weighted by Gasteiger charge is 2.18. The van der Waals surface area contributed by atoms with Crippen molar-refractivity contribution in [3.05, 3.63) is 29.8 Å². The van der Waals surface area contributed by atoms with Gasteiger partial charge in [0, 0.05) is 19.7 Å². The fraction of sp³-hybridized carbons (Fsp3) is 0.538. The summed E-state index contributed by atoms with van der Waals surface area (Å²) < 4.78 is 0. The Bertz CT molecular complexity index is 340. The van der Waals surface area contributed by atoms with Crippen molar-refractivity contribution in [3.63, 3.8) is 0 Å². The van der Waals surface area contributed by atoms with Gasteiger partial charge in [0.25, 0.3) is 0 Å². The molecule has 88 valence electrons. The average Bonchev–Trinajstić information content (AvgIpc) is 2.29. The van der Waals surface area contributed by atoms with Gasteiger partial charge in [-0.1, -0.05) is 12.1 Å². The SMILES string of the molecule is OC[C@H]1CCCN(Cc2cccc(O)c2)C1. The number of aromatic hydroxyl groups is 1. The van der Waals surface area contributed by atoms with Crippen molar-refractivity contribution in [2.45, 2.75) is 19.4 Å². The summed E-state index contributed by atoms with van der Waals surface area (Å²) in [5, 5.41) is 18.5. The van der Waals surface area contributed by atoms with E-state index in [9.17, 15) is 5.11 Å². The summed E-state index contributed by atoms with van der Waals surface area (Å²) in [6.45, 7) is 3.21. The molecule has 1 atom stereocenters. The standard InChI is InChI=1S/C13H19NO2/c15-10-12-4-2-6-14(9-12)8-11-3-1-5-13(16)7-11/h1,3,5,7,12,15-16H,2,4,6,8-10H2/t12-/m0/s1. The van der Waals surface area contributed by atoms with Crippen LogP contribution in [0.5, 0.6) is 5.75 Å². The topological polar surface area (TPSA) is 43.7 Å². The molecule has 3 nitrogen and oxygen atoms in total. The minimum absolute atomic E-state index is 0.288. The number of aliphatic hydroxyl groups excluding tert-OH is 1. The van der Waals surface area contributed by atoms with E-state index in [4.69, 9.17) is 5.11 Å². The highest BCUT2D eigenvalue weighted by molar-refractivity contribution is 5.27. The van der Waals surface area contributed by atoms with E-state index in [1.165, 1.54) is 0 Å². The van der Waals surface area contributed by atoms with E-state index in [0.29, 0.717) is 11.7 Å². The van der Waals surface area contributed by atoms with Crippen molar-refractivity contribution in [2.75, 3.05) is 19.7 Å². The van der Waals surface area contributed by atoms with Crippen LogP contribution in [0.4, 0.5) is 0 Å². The predicted octanol–water partition coefficient (Wildman–Crippen LogP) is 1.60.